The largest absolute Gasteiger partial charge is 0.378 e. The number of hydrogen-bond acceptors (Lipinski definition) is 2. The smallest absolute Gasteiger partial charge is 0.0576 e. The molecule has 0 aromatic rings. The maximum absolute atomic E-state index is 5.65. The second-order valence-corrected chi connectivity index (χ2v) is 5.86. The SMILES string of the molecule is BrCC1CCN(CCCC2CCCO2)CC1. The van der Waals surface area contributed by atoms with E-state index in [1.54, 1.807) is 0 Å². The highest BCUT2D eigenvalue weighted by molar-refractivity contribution is 9.09. The minimum Gasteiger partial charge on any atom is -0.378 e. The molecular weight excluding hydrogens is 266 g/mol. The minimum absolute atomic E-state index is 0.583. The fourth-order valence-corrected chi connectivity index (χ4v) is 3.43. The van der Waals surface area contributed by atoms with Gasteiger partial charge in [-0.25, -0.2) is 0 Å². The van der Waals surface area contributed by atoms with Crippen molar-refractivity contribution < 1.29 is 4.74 Å². The van der Waals surface area contributed by atoms with Crippen molar-refractivity contribution in [2.45, 2.75) is 44.6 Å². The van der Waals surface area contributed by atoms with Crippen LogP contribution >= 0.6 is 15.9 Å². The molecule has 3 heteroatoms. The van der Waals surface area contributed by atoms with Crippen molar-refractivity contribution in [2.24, 2.45) is 5.92 Å². The van der Waals surface area contributed by atoms with E-state index < -0.39 is 0 Å². The average Bonchev–Trinajstić information content (AvgIpc) is 2.83. The first-order valence-corrected chi connectivity index (χ1v) is 7.90. The first-order valence-electron chi connectivity index (χ1n) is 6.78. The maximum Gasteiger partial charge on any atom is 0.0576 e. The Morgan fingerprint density at radius 3 is 2.62 bits per heavy atom. The summed E-state index contributed by atoms with van der Waals surface area (Å²) in [6, 6.07) is 0. The molecule has 0 aliphatic carbocycles. The fraction of sp³-hybridized carbons (Fsp3) is 1.00. The van der Waals surface area contributed by atoms with Gasteiger partial charge in [0.15, 0.2) is 0 Å². The zero-order valence-corrected chi connectivity index (χ0v) is 11.8. The van der Waals surface area contributed by atoms with Crippen LogP contribution in [-0.4, -0.2) is 42.6 Å². The number of piperidine rings is 1. The number of halogens is 1. The number of alkyl halides is 1. The van der Waals surface area contributed by atoms with Gasteiger partial charge in [-0.05, 0) is 64.1 Å². The van der Waals surface area contributed by atoms with E-state index in [1.165, 1.54) is 63.5 Å². The van der Waals surface area contributed by atoms with E-state index in [1.807, 2.05) is 0 Å². The average molecular weight is 290 g/mol. The molecule has 0 aromatic carbocycles. The monoisotopic (exact) mass is 289 g/mol. The number of hydrogen-bond donors (Lipinski definition) is 0. The number of rotatable bonds is 5. The molecule has 94 valence electrons. The molecule has 2 aliphatic heterocycles. The van der Waals surface area contributed by atoms with Crippen LogP contribution in [0.15, 0.2) is 0 Å². The lowest BCUT2D eigenvalue weighted by molar-refractivity contribution is 0.0964. The Bertz CT molecular complexity index is 186. The molecule has 2 rings (SSSR count). The quantitative estimate of drug-likeness (QED) is 0.722. The Hall–Kier alpha value is 0.400. The topological polar surface area (TPSA) is 12.5 Å². The van der Waals surface area contributed by atoms with Gasteiger partial charge in [-0.15, -0.1) is 0 Å². The van der Waals surface area contributed by atoms with Gasteiger partial charge >= 0.3 is 0 Å². The van der Waals surface area contributed by atoms with E-state index in [0.29, 0.717) is 6.10 Å². The highest BCUT2D eigenvalue weighted by Gasteiger charge is 2.19. The van der Waals surface area contributed by atoms with Crippen molar-refractivity contribution in [3.8, 4) is 0 Å². The summed E-state index contributed by atoms with van der Waals surface area (Å²) < 4.78 is 5.65. The van der Waals surface area contributed by atoms with Crippen LogP contribution in [0.1, 0.15) is 38.5 Å². The summed E-state index contributed by atoms with van der Waals surface area (Å²) in [6.45, 7) is 4.90. The van der Waals surface area contributed by atoms with E-state index in [4.69, 9.17) is 4.74 Å². The molecule has 0 N–H and O–H groups in total. The van der Waals surface area contributed by atoms with Crippen molar-refractivity contribution in [3.05, 3.63) is 0 Å². The van der Waals surface area contributed by atoms with E-state index in [0.717, 1.165) is 12.5 Å². The van der Waals surface area contributed by atoms with E-state index in [2.05, 4.69) is 20.8 Å². The zero-order chi connectivity index (χ0) is 11.2. The van der Waals surface area contributed by atoms with Gasteiger partial charge in [0, 0.05) is 11.9 Å². The Kier molecular flexibility index (Phi) is 5.60. The molecule has 16 heavy (non-hydrogen) atoms. The van der Waals surface area contributed by atoms with Crippen molar-refractivity contribution in [1.82, 2.24) is 4.90 Å². The van der Waals surface area contributed by atoms with Crippen molar-refractivity contribution >= 4 is 15.9 Å². The molecule has 0 bridgehead atoms. The van der Waals surface area contributed by atoms with E-state index in [9.17, 15) is 0 Å². The van der Waals surface area contributed by atoms with E-state index >= 15 is 0 Å². The van der Waals surface area contributed by atoms with E-state index in [-0.39, 0.29) is 0 Å². The maximum atomic E-state index is 5.65. The van der Waals surface area contributed by atoms with Crippen LogP contribution in [0.2, 0.25) is 0 Å². The van der Waals surface area contributed by atoms with Crippen LogP contribution in [-0.2, 0) is 4.74 Å². The second-order valence-electron chi connectivity index (χ2n) is 5.22. The zero-order valence-electron chi connectivity index (χ0n) is 10.2. The standard InChI is InChI=1S/C13H24BrNO/c14-11-12-5-8-15(9-6-12)7-1-3-13-4-2-10-16-13/h12-13H,1-11H2. The summed E-state index contributed by atoms with van der Waals surface area (Å²) in [7, 11) is 0. The van der Waals surface area contributed by atoms with Crippen LogP contribution in [0.3, 0.4) is 0 Å². The Labute approximate surface area is 108 Å². The molecule has 0 saturated carbocycles. The summed E-state index contributed by atoms with van der Waals surface area (Å²) in [5.41, 5.74) is 0. The highest BCUT2D eigenvalue weighted by Crippen LogP contribution is 2.20. The molecular formula is C13H24BrNO. The number of ether oxygens (including phenoxy) is 1. The van der Waals surface area contributed by atoms with Gasteiger partial charge in [0.1, 0.15) is 0 Å². The first-order chi connectivity index (χ1) is 7.88. The number of nitrogens with zero attached hydrogens (tertiary/aromatic N) is 1. The van der Waals surface area contributed by atoms with Crippen LogP contribution in [0.25, 0.3) is 0 Å². The van der Waals surface area contributed by atoms with Crippen LogP contribution < -0.4 is 0 Å². The molecule has 2 nitrogen and oxygen atoms in total. The lowest BCUT2D eigenvalue weighted by Gasteiger charge is -2.31. The van der Waals surface area contributed by atoms with Crippen molar-refractivity contribution in [3.63, 3.8) is 0 Å². The summed E-state index contributed by atoms with van der Waals surface area (Å²) in [6.07, 6.45) is 8.52. The number of likely N-dealkylation sites (tertiary alicyclic amines) is 1. The predicted octanol–water partition coefficient (Wildman–Crippen LogP) is 3.05. The molecule has 2 saturated heterocycles. The Morgan fingerprint density at radius 2 is 2.00 bits per heavy atom. The van der Waals surface area contributed by atoms with Crippen LogP contribution in [0.4, 0.5) is 0 Å². The minimum atomic E-state index is 0.583. The summed E-state index contributed by atoms with van der Waals surface area (Å²) in [5, 5.41) is 1.19. The van der Waals surface area contributed by atoms with Gasteiger partial charge in [0.2, 0.25) is 0 Å². The molecule has 2 heterocycles. The summed E-state index contributed by atoms with van der Waals surface area (Å²) in [4.78, 5) is 2.63. The fourth-order valence-electron chi connectivity index (χ4n) is 2.78. The van der Waals surface area contributed by atoms with Gasteiger partial charge in [0.05, 0.1) is 6.10 Å². The lowest BCUT2D eigenvalue weighted by Crippen LogP contribution is -2.35. The Balaban J connectivity index is 1.53. The van der Waals surface area contributed by atoms with Gasteiger partial charge in [-0.1, -0.05) is 15.9 Å². The third-order valence-electron chi connectivity index (χ3n) is 3.95. The molecule has 2 fully saturated rings. The van der Waals surface area contributed by atoms with Crippen LogP contribution in [0, 0.1) is 5.92 Å². The van der Waals surface area contributed by atoms with Gasteiger partial charge in [-0.3, -0.25) is 0 Å². The van der Waals surface area contributed by atoms with Gasteiger partial charge in [-0.2, -0.15) is 0 Å². The summed E-state index contributed by atoms with van der Waals surface area (Å²) >= 11 is 3.59. The normalized spacial score (nSPS) is 28.7. The molecule has 1 unspecified atom stereocenters. The molecule has 0 amide bonds. The second kappa shape index (κ2) is 6.97. The third kappa shape index (κ3) is 4.01. The summed E-state index contributed by atoms with van der Waals surface area (Å²) in [5.74, 6) is 0.925. The van der Waals surface area contributed by atoms with Crippen molar-refractivity contribution in [2.75, 3.05) is 31.6 Å². The molecule has 0 spiro atoms. The molecule has 0 aromatic heterocycles. The molecule has 2 aliphatic rings. The third-order valence-corrected chi connectivity index (χ3v) is 4.87. The first kappa shape index (κ1) is 12.8. The van der Waals surface area contributed by atoms with Crippen molar-refractivity contribution in [1.29, 1.82) is 0 Å². The van der Waals surface area contributed by atoms with Gasteiger partial charge in [0.25, 0.3) is 0 Å². The van der Waals surface area contributed by atoms with Gasteiger partial charge < -0.3 is 9.64 Å². The molecule has 0 radical (unpaired) electrons. The highest BCUT2D eigenvalue weighted by atomic mass is 79.9. The Morgan fingerprint density at radius 1 is 1.19 bits per heavy atom. The lowest BCUT2D eigenvalue weighted by atomic mass is 9.99. The predicted molar refractivity (Wildman–Crippen MR) is 71.2 cm³/mol. The van der Waals surface area contributed by atoms with Crippen LogP contribution in [0.5, 0.6) is 0 Å². The molecule has 1 atom stereocenters.